The van der Waals surface area contributed by atoms with Gasteiger partial charge in [-0.2, -0.15) is 0 Å². The quantitative estimate of drug-likeness (QED) is 0.790. The van der Waals surface area contributed by atoms with Gasteiger partial charge in [0.05, 0.1) is 5.69 Å². The first-order valence-corrected chi connectivity index (χ1v) is 6.41. The fourth-order valence-corrected chi connectivity index (χ4v) is 2.11. The van der Waals surface area contributed by atoms with Crippen LogP contribution in [0.5, 0.6) is 0 Å². The number of rotatable bonds is 5. The van der Waals surface area contributed by atoms with Crippen molar-refractivity contribution in [3.05, 3.63) is 24.1 Å². The number of unbranched alkanes of at least 4 members (excludes halogenated alkanes) is 1. The van der Waals surface area contributed by atoms with Gasteiger partial charge in [0.1, 0.15) is 5.52 Å². The van der Waals surface area contributed by atoms with Crippen molar-refractivity contribution in [3.63, 3.8) is 0 Å². The van der Waals surface area contributed by atoms with E-state index in [0.29, 0.717) is 11.6 Å². The summed E-state index contributed by atoms with van der Waals surface area (Å²) in [6, 6.07) is 5.69. The first kappa shape index (κ1) is 12.0. The van der Waals surface area contributed by atoms with Crippen molar-refractivity contribution in [3.8, 4) is 0 Å². The lowest BCUT2D eigenvalue weighted by Gasteiger charge is -2.08. The molecule has 1 aromatic heterocycles. The van der Waals surface area contributed by atoms with Gasteiger partial charge in [-0.05, 0) is 25.0 Å². The van der Waals surface area contributed by atoms with Crippen molar-refractivity contribution in [2.45, 2.75) is 45.4 Å². The lowest BCUT2D eigenvalue weighted by Crippen LogP contribution is -1.97. The van der Waals surface area contributed by atoms with E-state index in [-0.39, 0.29) is 0 Å². The van der Waals surface area contributed by atoms with Crippen LogP contribution in [0.4, 0.5) is 5.69 Å². The maximum atomic E-state index is 5.89. The van der Waals surface area contributed by atoms with E-state index in [9.17, 15) is 0 Å². The first-order chi connectivity index (χ1) is 8.26. The van der Waals surface area contributed by atoms with E-state index in [1.165, 1.54) is 12.8 Å². The summed E-state index contributed by atoms with van der Waals surface area (Å²) in [6.07, 6.45) is 4.62. The molecule has 0 spiro atoms. The van der Waals surface area contributed by atoms with Gasteiger partial charge in [0.15, 0.2) is 11.5 Å². The Labute approximate surface area is 102 Å². The molecule has 2 rings (SSSR count). The topological polar surface area (TPSA) is 52.0 Å². The number of hydrogen-bond acceptors (Lipinski definition) is 3. The number of aromatic nitrogens is 1. The fourth-order valence-electron chi connectivity index (χ4n) is 2.11. The van der Waals surface area contributed by atoms with Crippen LogP contribution in [0.3, 0.4) is 0 Å². The summed E-state index contributed by atoms with van der Waals surface area (Å²) in [5, 5.41) is 0. The maximum absolute atomic E-state index is 5.89. The minimum absolute atomic E-state index is 0.418. The first-order valence-electron chi connectivity index (χ1n) is 6.41. The van der Waals surface area contributed by atoms with E-state index >= 15 is 0 Å². The molecule has 0 amide bonds. The number of hydrogen-bond donors (Lipinski definition) is 1. The van der Waals surface area contributed by atoms with Gasteiger partial charge in [-0.1, -0.05) is 32.8 Å². The Kier molecular flexibility index (Phi) is 3.67. The van der Waals surface area contributed by atoms with Crippen LogP contribution in [0.15, 0.2) is 22.6 Å². The standard InChI is InChI=1S/C14H20N2O/c1-3-5-7-10(4-2)14-16-13-11(15)8-6-9-12(13)17-14/h6,8-10H,3-5,7,15H2,1-2H3. The molecule has 17 heavy (non-hydrogen) atoms. The minimum Gasteiger partial charge on any atom is -0.440 e. The van der Waals surface area contributed by atoms with Crippen LogP contribution in [-0.4, -0.2) is 4.98 Å². The van der Waals surface area contributed by atoms with Crippen molar-refractivity contribution < 1.29 is 4.42 Å². The Morgan fingerprint density at radius 3 is 2.82 bits per heavy atom. The molecule has 0 radical (unpaired) electrons. The van der Waals surface area contributed by atoms with Gasteiger partial charge < -0.3 is 10.2 Å². The molecule has 2 aromatic rings. The van der Waals surface area contributed by atoms with Crippen molar-refractivity contribution in [2.75, 3.05) is 5.73 Å². The van der Waals surface area contributed by atoms with Crippen LogP contribution < -0.4 is 5.73 Å². The Bertz CT molecular complexity index is 490. The average molecular weight is 232 g/mol. The lowest BCUT2D eigenvalue weighted by molar-refractivity contribution is 0.434. The SMILES string of the molecule is CCCCC(CC)c1nc2c(N)cccc2o1. The number of benzene rings is 1. The summed E-state index contributed by atoms with van der Waals surface area (Å²) in [6.45, 7) is 4.38. The van der Waals surface area contributed by atoms with E-state index in [2.05, 4.69) is 18.8 Å². The van der Waals surface area contributed by atoms with E-state index in [1.807, 2.05) is 18.2 Å². The van der Waals surface area contributed by atoms with Gasteiger partial charge in [-0.15, -0.1) is 0 Å². The number of nitrogen functional groups attached to an aromatic ring is 1. The molecule has 0 saturated heterocycles. The summed E-state index contributed by atoms with van der Waals surface area (Å²) in [7, 11) is 0. The molecule has 2 N–H and O–H groups in total. The zero-order chi connectivity index (χ0) is 12.3. The van der Waals surface area contributed by atoms with E-state index < -0.39 is 0 Å². The molecule has 0 bridgehead atoms. The second-order valence-electron chi connectivity index (χ2n) is 4.49. The van der Waals surface area contributed by atoms with Crippen LogP contribution >= 0.6 is 0 Å². The summed E-state index contributed by atoms with van der Waals surface area (Å²) in [5.74, 6) is 1.26. The van der Waals surface area contributed by atoms with Crippen LogP contribution in [0, 0.1) is 0 Å². The molecule has 1 aromatic carbocycles. The monoisotopic (exact) mass is 232 g/mol. The predicted octanol–water partition coefficient (Wildman–Crippen LogP) is 4.09. The van der Waals surface area contributed by atoms with Gasteiger partial charge in [0.25, 0.3) is 0 Å². The third-order valence-electron chi connectivity index (χ3n) is 3.21. The number of oxazole rings is 1. The van der Waals surface area contributed by atoms with Crippen LogP contribution in [0.2, 0.25) is 0 Å². The smallest absolute Gasteiger partial charge is 0.198 e. The van der Waals surface area contributed by atoms with Crippen molar-refractivity contribution in [1.82, 2.24) is 4.98 Å². The molecule has 92 valence electrons. The largest absolute Gasteiger partial charge is 0.440 e. The lowest BCUT2D eigenvalue weighted by atomic mass is 9.99. The second kappa shape index (κ2) is 5.21. The zero-order valence-corrected chi connectivity index (χ0v) is 10.6. The van der Waals surface area contributed by atoms with E-state index in [4.69, 9.17) is 10.2 Å². The molecule has 0 saturated carbocycles. The molecule has 1 unspecified atom stereocenters. The minimum atomic E-state index is 0.418. The Morgan fingerprint density at radius 2 is 2.18 bits per heavy atom. The third-order valence-corrected chi connectivity index (χ3v) is 3.21. The molecular weight excluding hydrogens is 212 g/mol. The summed E-state index contributed by atoms with van der Waals surface area (Å²) in [5.41, 5.74) is 8.19. The van der Waals surface area contributed by atoms with Gasteiger partial charge in [-0.3, -0.25) is 0 Å². The van der Waals surface area contributed by atoms with Crippen LogP contribution in [0.25, 0.3) is 11.1 Å². The normalized spacial score (nSPS) is 13.1. The van der Waals surface area contributed by atoms with Gasteiger partial charge in [0.2, 0.25) is 0 Å². The van der Waals surface area contributed by atoms with Crippen LogP contribution in [-0.2, 0) is 0 Å². The Hall–Kier alpha value is -1.51. The summed E-state index contributed by atoms with van der Waals surface area (Å²) in [4.78, 5) is 4.54. The highest BCUT2D eigenvalue weighted by Crippen LogP contribution is 2.29. The molecule has 1 atom stereocenters. The second-order valence-corrected chi connectivity index (χ2v) is 4.49. The molecule has 0 fully saturated rings. The molecule has 3 heteroatoms. The van der Waals surface area contributed by atoms with Crippen molar-refractivity contribution >= 4 is 16.8 Å². The number of nitrogens with two attached hydrogens (primary N) is 1. The van der Waals surface area contributed by atoms with Gasteiger partial charge in [-0.25, -0.2) is 4.98 Å². The highest BCUT2D eigenvalue weighted by Gasteiger charge is 2.16. The molecule has 1 heterocycles. The predicted molar refractivity (Wildman–Crippen MR) is 71.0 cm³/mol. The highest BCUT2D eigenvalue weighted by atomic mass is 16.3. The third kappa shape index (κ3) is 2.43. The number of fused-ring (bicyclic) bond motifs is 1. The molecule has 3 nitrogen and oxygen atoms in total. The average Bonchev–Trinajstić information content (AvgIpc) is 2.75. The van der Waals surface area contributed by atoms with E-state index in [1.54, 1.807) is 0 Å². The van der Waals surface area contributed by atoms with Crippen LogP contribution in [0.1, 0.15) is 51.3 Å². The Morgan fingerprint density at radius 1 is 1.35 bits per heavy atom. The molecule has 0 aliphatic rings. The zero-order valence-electron chi connectivity index (χ0n) is 10.6. The molecule has 0 aliphatic carbocycles. The van der Waals surface area contributed by atoms with Gasteiger partial charge >= 0.3 is 0 Å². The fraction of sp³-hybridized carbons (Fsp3) is 0.500. The highest BCUT2D eigenvalue weighted by molar-refractivity contribution is 5.85. The summed E-state index contributed by atoms with van der Waals surface area (Å²) >= 11 is 0. The number of anilines is 1. The summed E-state index contributed by atoms with van der Waals surface area (Å²) < 4.78 is 5.81. The molecular formula is C14H20N2O. The Balaban J connectivity index is 2.31. The van der Waals surface area contributed by atoms with Gasteiger partial charge in [0, 0.05) is 5.92 Å². The maximum Gasteiger partial charge on any atom is 0.198 e. The van der Waals surface area contributed by atoms with Crippen molar-refractivity contribution in [1.29, 1.82) is 0 Å². The van der Waals surface area contributed by atoms with E-state index in [0.717, 1.165) is 29.8 Å². The van der Waals surface area contributed by atoms with Crippen molar-refractivity contribution in [2.24, 2.45) is 0 Å². The number of nitrogens with zero attached hydrogens (tertiary/aromatic N) is 1. The molecule has 0 aliphatic heterocycles. The number of para-hydroxylation sites is 1.